The maximum atomic E-state index is 12.7. The van der Waals surface area contributed by atoms with Gasteiger partial charge < -0.3 is 9.88 Å². The first-order chi connectivity index (χ1) is 12.4. The summed E-state index contributed by atoms with van der Waals surface area (Å²) < 4.78 is 0. The van der Waals surface area contributed by atoms with Gasteiger partial charge in [-0.15, -0.1) is 0 Å². The molecular formula is C18H19Cl2N5O. The fourth-order valence-electron chi connectivity index (χ4n) is 3.28. The Labute approximate surface area is 160 Å². The third kappa shape index (κ3) is 2.97. The molecule has 8 heteroatoms. The highest BCUT2D eigenvalue weighted by atomic mass is 35.5. The van der Waals surface area contributed by atoms with Gasteiger partial charge in [-0.05, 0) is 24.3 Å². The molecule has 1 aromatic carbocycles. The number of aromatic nitrogens is 4. The largest absolute Gasteiger partial charge is 0.352 e. The van der Waals surface area contributed by atoms with E-state index < -0.39 is 0 Å². The number of nitrogens with one attached hydrogen (secondary N) is 2. The van der Waals surface area contributed by atoms with E-state index in [1.807, 2.05) is 11.0 Å². The van der Waals surface area contributed by atoms with Crippen LogP contribution in [-0.2, 0) is 0 Å². The standard InChI is InChI=1S/C18H19Cl2N5O/c1-18(2)6-8-25(9-7-18)16-17(26)21-14-13(23-24-15(14)22-16)10-4-3-5-11(19)12(10)20/h3-5H,6-9H2,1-2H3,(H,21,26)(H,22,23,24). The molecule has 1 fully saturated rings. The predicted molar refractivity (Wildman–Crippen MR) is 105 cm³/mol. The molecule has 4 rings (SSSR count). The molecule has 1 saturated heterocycles. The molecule has 3 heterocycles. The summed E-state index contributed by atoms with van der Waals surface area (Å²) in [5.41, 5.74) is 2.33. The number of hydrogen-bond donors (Lipinski definition) is 2. The summed E-state index contributed by atoms with van der Waals surface area (Å²) in [4.78, 5) is 22.1. The van der Waals surface area contributed by atoms with Crippen LogP contribution in [0.5, 0.6) is 0 Å². The van der Waals surface area contributed by atoms with E-state index in [4.69, 9.17) is 23.2 Å². The molecule has 2 N–H and O–H groups in total. The van der Waals surface area contributed by atoms with Crippen molar-refractivity contribution in [2.75, 3.05) is 18.0 Å². The van der Waals surface area contributed by atoms with E-state index in [9.17, 15) is 4.79 Å². The first-order valence-electron chi connectivity index (χ1n) is 8.53. The average molecular weight is 392 g/mol. The third-order valence-corrected chi connectivity index (χ3v) is 5.86. The molecule has 136 valence electrons. The Balaban J connectivity index is 1.76. The van der Waals surface area contributed by atoms with Gasteiger partial charge in [0, 0.05) is 18.7 Å². The average Bonchev–Trinajstić information content (AvgIpc) is 2.99. The van der Waals surface area contributed by atoms with Gasteiger partial charge in [0.15, 0.2) is 11.5 Å². The Hall–Kier alpha value is -2.05. The third-order valence-electron chi connectivity index (χ3n) is 5.04. The second kappa shape index (κ2) is 6.28. The number of rotatable bonds is 2. The zero-order valence-electron chi connectivity index (χ0n) is 14.6. The number of halogens is 2. The van der Waals surface area contributed by atoms with E-state index >= 15 is 0 Å². The lowest BCUT2D eigenvalue weighted by Crippen LogP contribution is -2.40. The quantitative estimate of drug-likeness (QED) is 0.684. The monoisotopic (exact) mass is 391 g/mol. The first-order valence-corrected chi connectivity index (χ1v) is 9.29. The summed E-state index contributed by atoms with van der Waals surface area (Å²) in [7, 11) is 0. The number of piperidine rings is 1. The van der Waals surface area contributed by atoms with Crippen molar-refractivity contribution in [3.05, 3.63) is 38.6 Å². The number of benzene rings is 1. The smallest absolute Gasteiger partial charge is 0.291 e. The van der Waals surface area contributed by atoms with Crippen LogP contribution < -0.4 is 10.5 Å². The van der Waals surface area contributed by atoms with Gasteiger partial charge in [0.05, 0.1) is 15.7 Å². The summed E-state index contributed by atoms with van der Waals surface area (Å²) in [6.07, 6.45) is 2.05. The maximum absolute atomic E-state index is 12.7. The van der Waals surface area contributed by atoms with E-state index in [1.165, 1.54) is 0 Å². The van der Waals surface area contributed by atoms with Crippen molar-refractivity contribution in [2.24, 2.45) is 5.41 Å². The minimum atomic E-state index is -0.224. The number of nitrogens with zero attached hydrogens (tertiary/aromatic N) is 3. The van der Waals surface area contributed by atoms with Crippen LogP contribution in [0.2, 0.25) is 10.0 Å². The second-order valence-corrected chi connectivity index (χ2v) is 8.22. The highest BCUT2D eigenvalue weighted by Crippen LogP contribution is 2.35. The SMILES string of the molecule is CC1(C)CCN(c2nc3n[nH]c(-c4cccc(Cl)c4Cl)c3[nH]c2=O)CC1. The van der Waals surface area contributed by atoms with Crippen molar-refractivity contribution in [1.29, 1.82) is 0 Å². The molecular weight excluding hydrogens is 373 g/mol. The molecule has 0 bridgehead atoms. The molecule has 0 spiro atoms. The van der Waals surface area contributed by atoms with Crippen LogP contribution >= 0.6 is 23.2 Å². The summed E-state index contributed by atoms with van der Waals surface area (Å²) in [6, 6.07) is 5.33. The van der Waals surface area contributed by atoms with Gasteiger partial charge in [-0.25, -0.2) is 4.98 Å². The second-order valence-electron chi connectivity index (χ2n) is 7.44. The lowest BCUT2D eigenvalue weighted by atomic mass is 9.83. The number of hydrogen-bond acceptors (Lipinski definition) is 4. The lowest BCUT2D eigenvalue weighted by molar-refractivity contribution is 0.279. The van der Waals surface area contributed by atoms with Crippen molar-refractivity contribution in [3.8, 4) is 11.3 Å². The molecule has 3 aromatic rings. The Kier molecular flexibility index (Phi) is 4.20. The van der Waals surface area contributed by atoms with Gasteiger partial charge in [0.25, 0.3) is 5.56 Å². The van der Waals surface area contributed by atoms with Gasteiger partial charge in [0.1, 0.15) is 5.52 Å². The predicted octanol–water partition coefficient (Wildman–Crippen LogP) is 4.25. The molecule has 0 atom stereocenters. The Morgan fingerprint density at radius 2 is 1.92 bits per heavy atom. The van der Waals surface area contributed by atoms with Gasteiger partial charge >= 0.3 is 0 Å². The van der Waals surface area contributed by atoms with Gasteiger partial charge in [-0.3, -0.25) is 9.89 Å². The number of fused-ring (bicyclic) bond motifs is 1. The molecule has 6 nitrogen and oxygen atoms in total. The van der Waals surface area contributed by atoms with E-state index in [1.54, 1.807) is 12.1 Å². The molecule has 26 heavy (non-hydrogen) atoms. The fraction of sp³-hybridized carbons (Fsp3) is 0.389. The van der Waals surface area contributed by atoms with Crippen molar-refractivity contribution in [1.82, 2.24) is 20.2 Å². The van der Waals surface area contributed by atoms with E-state index in [2.05, 4.69) is 34.0 Å². The van der Waals surface area contributed by atoms with Crippen LogP contribution in [0.25, 0.3) is 22.4 Å². The van der Waals surface area contributed by atoms with Crippen LogP contribution in [0.3, 0.4) is 0 Å². The molecule has 1 aliphatic rings. The van der Waals surface area contributed by atoms with Crippen molar-refractivity contribution < 1.29 is 0 Å². The zero-order valence-corrected chi connectivity index (χ0v) is 16.1. The first kappa shape index (κ1) is 17.4. The fourth-order valence-corrected chi connectivity index (χ4v) is 3.68. The summed E-state index contributed by atoms with van der Waals surface area (Å²) in [5, 5.41) is 8.03. The normalized spacial score (nSPS) is 17.0. The summed E-state index contributed by atoms with van der Waals surface area (Å²) >= 11 is 12.4. The summed E-state index contributed by atoms with van der Waals surface area (Å²) in [5.74, 6) is 0.420. The van der Waals surface area contributed by atoms with Crippen LogP contribution in [0.4, 0.5) is 5.82 Å². The van der Waals surface area contributed by atoms with Crippen LogP contribution in [0, 0.1) is 5.41 Å². The van der Waals surface area contributed by atoms with Crippen molar-refractivity contribution in [2.45, 2.75) is 26.7 Å². The van der Waals surface area contributed by atoms with Crippen molar-refractivity contribution >= 4 is 40.2 Å². The molecule has 0 radical (unpaired) electrons. The van der Waals surface area contributed by atoms with Gasteiger partial charge in [-0.2, -0.15) is 5.10 Å². The Bertz CT molecular complexity index is 1030. The van der Waals surface area contributed by atoms with Crippen LogP contribution in [-0.4, -0.2) is 33.3 Å². The van der Waals surface area contributed by atoms with Gasteiger partial charge in [-0.1, -0.05) is 49.2 Å². The van der Waals surface area contributed by atoms with E-state index in [0.29, 0.717) is 43.7 Å². The van der Waals surface area contributed by atoms with Gasteiger partial charge in [0.2, 0.25) is 0 Å². The van der Waals surface area contributed by atoms with Crippen LogP contribution in [0.1, 0.15) is 26.7 Å². The van der Waals surface area contributed by atoms with Crippen LogP contribution in [0.15, 0.2) is 23.0 Å². The molecule has 2 aromatic heterocycles. The minimum Gasteiger partial charge on any atom is -0.352 e. The maximum Gasteiger partial charge on any atom is 0.291 e. The summed E-state index contributed by atoms with van der Waals surface area (Å²) in [6.45, 7) is 6.12. The molecule has 0 amide bonds. The molecule has 0 saturated carbocycles. The molecule has 0 unspecified atom stereocenters. The lowest BCUT2D eigenvalue weighted by Gasteiger charge is -2.37. The zero-order chi connectivity index (χ0) is 18.5. The number of anilines is 1. The number of aromatic amines is 2. The Morgan fingerprint density at radius 1 is 1.19 bits per heavy atom. The van der Waals surface area contributed by atoms with E-state index in [-0.39, 0.29) is 5.56 Å². The number of H-pyrrole nitrogens is 2. The molecule has 1 aliphatic heterocycles. The van der Waals surface area contributed by atoms with Crippen molar-refractivity contribution in [3.63, 3.8) is 0 Å². The minimum absolute atomic E-state index is 0.224. The highest BCUT2D eigenvalue weighted by molar-refractivity contribution is 6.43. The molecule has 0 aliphatic carbocycles. The Morgan fingerprint density at radius 3 is 2.65 bits per heavy atom. The topological polar surface area (TPSA) is 77.7 Å². The highest BCUT2D eigenvalue weighted by Gasteiger charge is 2.28. The van der Waals surface area contributed by atoms with E-state index in [0.717, 1.165) is 25.9 Å².